The lowest BCUT2D eigenvalue weighted by molar-refractivity contribution is 0.130. The van der Waals surface area contributed by atoms with Gasteiger partial charge in [-0.1, -0.05) is 0 Å². The minimum atomic E-state index is -1.18. The van der Waals surface area contributed by atoms with Crippen molar-refractivity contribution in [3.63, 3.8) is 0 Å². The van der Waals surface area contributed by atoms with Crippen LogP contribution in [0.2, 0.25) is 0 Å². The van der Waals surface area contributed by atoms with Gasteiger partial charge in [0.1, 0.15) is 11.6 Å². The third-order valence-electron chi connectivity index (χ3n) is 1.80. The van der Waals surface area contributed by atoms with E-state index in [4.69, 9.17) is 5.11 Å². The standard InChI is InChI=1S/C9H9BrF2O2/c10-6-4-7(11)5(3-8(6)12)9(14)1-2-13/h3-4,9,13-14H,1-2H2. The zero-order chi connectivity index (χ0) is 10.7. The summed E-state index contributed by atoms with van der Waals surface area (Å²) in [7, 11) is 0. The summed E-state index contributed by atoms with van der Waals surface area (Å²) < 4.78 is 26.1. The van der Waals surface area contributed by atoms with Crippen molar-refractivity contribution >= 4 is 15.9 Å². The average molecular weight is 267 g/mol. The molecule has 0 heterocycles. The lowest BCUT2D eigenvalue weighted by atomic mass is 10.1. The van der Waals surface area contributed by atoms with Crippen molar-refractivity contribution in [2.45, 2.75) is 12.5 Å². The van der Waals surface area contributed by atoms with E-state index in [-0.39, 0.29) is 23.1 Å². The van der Waals surface area contributed by atoms with Gasteiger partial charge < -0.3 is 10.2 Å². The molecule has 0 fully saturated rings. The Labute approximate surface area is 88.3 Å². The molecule has 0 spiro atoms. The maximum atomic E-state index is 13.2. The molecule has 0 aliphatic rings. The molecule has 2 N–H and O–H groups in total. The Hall–Kier alpha value is -0.520. The average Bonchev–Trinajstić information content (AvgIpc) is 2.11. The highest BCUT2D eigenvalue weighted by Gasteiger charge is 2.15. The van der Waals surface area contributed by atoms with Gasteiger partial charge in [0.15, 0.2) is 0 Å². The Morgan fingerprint density at radius 1 is 1.29 bits per heavy atom. The number of aliphatic hydroxyl groups excluding tert-OH is 2. The van der Waals surface area contributed by atoms with E-state index in [9.17, 15) is 13.9 Å². The molecule has 14 heavy (non-hydrogen) atoms. The molecule has 0 amide bonds. The highest BCUT2D eigenvalue weighted by Crippen LogP contribution is 2.25. The van der Waals surface area contributed by atoms with Crippen LogP contribution < -0.4 is 0 Å². The van der Waals surface area contributed by atoms with E-state index in [0.717, 1.165) is 12.1 Å². The highest BCUT2D eigenvalue weighted by molar-refractivity contribution is 9.10. The van der Waals surface area contributed by atoms with Crippen LogP contribution in [0.5, 0.6) is 0 Å². The van der Waals surface area contributed by atoms with Gasteiger partial charge in [-0.2, -0.15) is 0 Å². The molecule has 0 bridgehead atoms. The van der Waals surface area contributed by atoms with Gasteiger partial charge in [0.2, 0.25) is 0 Å². The van der Waals surface area contributed by atoms with Gasteiger partial charge in [0.05, 0.1) is 10.6 Å². The van der Waals surface area contributed by atoms with E-state index < -0.39 is 17.7 Å². The molecule has 0 saturated heterocycles. The quantitative estimate of drug-likeness (QED) is 0.824. The highest BCUT2D eigenvalue weighted by atomic mass is 79.9. The van der Waals surface area contributed by atoms with E-state index in [0.29, 0.717) is 0 Å². The predicted octanol–water partition coefficient (Wildman–Crippen LogP) is 2.14. The van der Waals surface area contributed by atoms with Gasteiger partial charge in [-0.25, -0.2) is 8.78 Å². The molecule has 1 atom stereocenters. The van der Waals surface area contributed by atoms with Crippen molar-refractivity contribution in [1.29, 1.82) is 0 Å². The first-order valence-electron chi connectivity index (χ1n) is 3.99. The summed E-state index contributed by atoms with van der Waals surface area (Å²) in [5, 5.41) is 17.9. The smallest absolute Gasteiger partial charge is 0.137 e. The lowest BCUT2D eigenvalue weighted by Gasteiger charge is -2.10. The molecule has 5 heteroatoms. The molecule has 0 aliphatic carbocycles. The normalized spacial score (nSPS) is 12.9. The molecule has 1 aromatic rings. The first kappa shape index (κ1) is 11.6. The molecular formula is C9H9BrF2O2. The SMILES string of the molecule is OCCC(O)c1cc(F)c(Br)cc1F. The summed E-state index contributed by atoms with van der Waals surface area (Å²) in [4.78, 5) is 0. The van der Waals surface area contributed by atoms with Gasteiger partial charge in [0.25, 0.3) is 0 Å². The van der Waals surface area contributed by atoms with Crippen LogP contribution in [0.1, 0.15) is 18.1 Å². The van der Waals surface area contributed by atoms with Crippen LogP contribution in [0.25, 0.3) is 0 Å². The number of aliphatic hydroxyl groups is 2. The molecule has 0 saturated carbocycles. The van der Waals surface area contributed by atoms with Crippen molar-refractivity contribution in [1.82, 2.24) is 0 Å². The molecule has 0 aliphatic heterocycles. The topological polar surface area (TPSA) is 40.5 Å². The second kappa shape index (κ2) is 4.82. The minimum Gasteiger partial charge on any atom is -0.396 e. The molecule has 78 valence electrons. The number of rotatable bonds is 3. The Morgan fingerprint density at radius 2 is 1.93 bits per heavy atom. The Morgan fingerprint density at radius 3 is 2.50 bits per heavy atom. The van der Waals surface area contributed by atoms with Crippen LogP contribution in [0.3, 0.4) is 0 Å². The minimum absolute atomic E-state index is 0.00921. The monoisotopic (exact) mass is 266 g/mol. The van der Waals surface area contributed by atoms with Crippen LogP contribution in [-0.2, 0) is 0 Å². The maximum absolute atomic E-state index is 13.2. The summed E-state index contributed by atoms with van der Waals surface area (Å²) in [6.07, 6.45) is -1.19. The zero-order valence-electron chi connectivity index (χ0n) is 7.17. The molecule has 2 nitrogen and oxygen atoms in total. The third kappa shape index (κ3) is 2.50. The summed E-state index contributed by atoms with van der Waals surface area (Å²) in [6.45, 7) is -0.279. The van der Waals surface area contributed by atoms with Gasteiger partial charge in [0, 0.05) is 18.6 Å². The summed E-state index contributed by atoms with van der Waals surface area (Å²) in [6, 6.07) is 1.87. The predicted molar refractivity (Wildman–Crippen MR) is 50.7 cm³/mol. The van der Waals surface area contributed by atoms with Crippen molar-refractivity contribution in [3.8, 4) is 0 Å². The van der Waals surface area contributed by atoms with Crippen molar-refractivity contribution < 1.29 is 19.0 Å². The van der Waals surface area contributed by atoms with Crippen LogP contribution in [0, 0.1) is 11.6 Å². The van der Waals surface area contributed by atoms with Crippen molar-refractivity contribution in [2.75, 3.05) is 6.61 Å². The van der Waals surface area contributed by atoms with Crippen LogP contribution in [0.4, 0.5) is 8.78 Å². The van der Waals surface area contributed by atoms with Crippen LogP contribution in [0.15, 0.2) is 16.6 Å². The molecule has 1 aromatic carbocycles. The Kier molecular flexibility index (Phi) is 3.97. The van der Waals surface area contributed by atoms with E-state index in [1.807, 2.05) is 0 Å². The molecule has 1 rings (SSSR count). The van der Waals surface area contributed by atoms with Crippen LogP contribution in [-0.4, -0.2) is 16.8 Å². The van der Waals surface area contributed by atoms with Crippen molar-refractivity contribution in [3.05, 3.63) is 33.8 Å². The maximum Gasteiger partial charge on any atom is 0.137 e. The van der Waals surface area contributed by atoms with E-state index in [2.05, 4.69) is 15.9 Å². The summed E-state index contributed by atoms with van der Waals surface area (Å²) >= 11 is 2.82. The number of benzene rings is 1. The number of hydrogen-bond acceptors (Lipinski definition) is 2. The molecular weight excluding hydrogens is 258 g/mol. The summed E-state index contributed by atoms with van der Waals surface area (Å²) in [5.41, 5.74) is -0.139. The van der Waals surface area contributed by atoms with Crippen LogP contribution >= 0.6 is 15.9 Å². The van der Waals surface area contributed by atoms with Gasteiger partial charge in [-0.3, -0.25) is 0 Å². The summed E-state index contributed by atoms with van der Waals surface area (Å²) in [5.74, 6) is -1.34. The first-order chi connectivity index (χ1) is 6.56. The fraction of sp³-hybridized carbons (Fsp3) is 0.333. The molecule has 0 radical (unpaired) electrons. The van der Waals surface area contributed by atoms with E-state index in [1.54, 1.807) is 0 Å². The van der Waals surface area contributed by atoms with E-state index in [1.165, 1.54) is 0 Å². The van der Waals surface area contributed by atoms with Crippen molar-refractivity contribution in [2.24, 2.45) is 0 Å². The molecule has 0 aromatic heterocycles. The van der Waals surface area contributed by atoms with Gasteiger partial charge in [-0.05, 0) is 28.1 Å². The fourth-order valence-corrected chi connectivity index (χ4v) is 1.39. The van der Waals surface area contributed by atoms with Gasteiger partial charge >= 0.3 is 0 Å². The van der Waals surface area contributed by atoms with E-state index >= 15 is 0 Å². The fourth-order valence-electron chi connectivity index (χ4n) is 1.07. The number of halogens is 3. The lowest BCUT2D eigenvalue weighted by Crippen LogP contribution is -2.04. The second-order valence-electron chi connectivity index (χ2n) is 2.82. The Bertz CT molecular complexity index is 331. The zero-order valence-corrected chi connectivity index (χ0v) is 8.76. The Balaban J connectivity index is 3.02. The first-order valence-corrected chi connectivity index (χ1v) is 4.79. The third-order valence-corrected chi connectivity index (χ3v) is 2.41. The largest absolute Gasteiger partial charge is 0.396 e. The number of hydrogen-bond donors (Lipinski definition) is 2. The van der Waals surface area contributed by atoms with Gasteiger partial charge in [-0.15, -0.1) is 0 Å². The molecule has 1 unspecified atom stereocenters. The second-order valence-corrected chi connectivity index (χ2v) is 3.67.